The summed E-state index contributed by atoms with van der Waals surface area (Å²) in [6.07, 6.45) is 7.70. The smallest absolute Gasteiger partial charge is 0.339 e. The van der Waals surface area contributed by atoms with Crippen LogP contribution < -0.4 is 0 Å². The molecule has 30 heavy (non-hydrogen) atoms. The Hall–Kier alpha value is -2.81. The number of carbonyl (C=O) groups is 1. The summed E-state index contributed by atoms with van der Waals surface area (Å²) in [6, 6.07) is 20.5. The fourth-order valence-electron chi connectivity index (χ4n) is 5.15. The third-order valence-electron chi connectivity index (χ3n) is 6.76. The molecule has 1 N–H and O–H groups in total. The second kappa shape index (κ2) is 8.14. The molecule has 154 valence electrons. The highest BCUT2D eigenvalue weighted by atomic mass is 16.5. The number of hydrogen-bond donors (Lipinski definition) is 1. The average molecular weight is 401 g/mol. The van der Waals surface area contributed by atoms with Crippen molar-refractivity contribution in [1.82, 2.24) is 0 Å². The Morgan fingerprint density at radius 1 is 0.967 bits per heavy atom. The van der Waals surface area contributed by atoms with E-state index in [0.29, 0.717) is 11.5 Å². The van der Waals surface area contributed by atoms with Crippen LogP contribution in [0.3, 0.4) is 0 Å². The quantitative estimate of drug-likeness (QED) is 0.637. The Bertz CT molecular complexity index is 970. The van der Waals surface area contributed by atoms with E-state index in [0.717, 1.165) is 49.7 Å². The van der Waals surface area contributed by atoms with Crippen LogP contribution in [0.4, 0.5) is 0 Å². The van der Waals surface area contributed by atoms with Gasteiger partial charge in [-0.2, -0.15) is 0 Å². The van der Waals surface area contributed by atoms with Crippen LogP contribution in [0.25, 0.3) is 0 Å². The molecule has 3 atom stereocenters. The second-order valence-electron chi connectivity index (χ2n) is 8.85. The van der Waals surface area contributed by atoms with Gasteiger partial charge in [-0.1, -0.05) is 66.7 Å². The number of aliphatic hydroxyl groups excluding tert-OH is 1. The van der Waals surface area contributed by atoms with E-state index in [1.807, 2.05) is 36.4 Å². The first-order chi connectivity index (χ1) is 14.7. The lowest BCUT2D eigenvalue weighted by molar-refractivity contribution is -0.147. The van der Waals surface area contributed by atoms with Gasteiger partial charge in [0.25, 0.3) is 0 Å². The number of rotatable bonds is 5. The molecule has 3 unspecified atom stereocenters. The van der Waals surface area contributed by atoms with E-state index in [9.17, 15) is 9.90 Å². The molecule has 2 aromatic rings. The lowest BCUT2D eigenvalue weighted by atomic mass is 9.80. The fraction of sp³-hybridized carbons (Fsp3) is 0.370. The summed E-state index contributed by atoms with van der Waals surface area (Å²) >= 11 is 0. The van der Waals surface area contributed by atoms with Crippen molar-refractivity contribution in [2.45, 2.75) is 50.5 Å². The van der Waals surface area contributed by atoms with Gasteiger partial charge in [0, 0.05) is 17.4 Å². The van der Waals surface area contributed by atoms with E-state index in [-0.39, 0.29) is 29.7 Å². The minimum atomic E-state index is -0.361. The summed E-state index contributed by atoms with van der Waals surface area (Å²) < 4.78 is 6.09. The maximum atomic E-state index is 13.2. The van der Waals surface area contributed by atoms with Gasteiger partial charge in [-0.25, -0.2) is 4.79 Å². The van der Waals surface area contributed by atoms with Crippen LogP contribution >= 0.6 is 0 Å². The molecule has 0 amide bonds. The molecule has 1 saturated carbocycles. The predicted molar refractivity (Wildman–Crippen MR) is 117 cm³/mol. The Morgan fingerprint density at radius 2 is 1.67 bits per heavy atom. The highest BCUT2D eigenvalue weighted by Gasteiger charge is 2.45. The normalized spacial score (nSPS) is 25.1. The maximum absolute atomic E-state index is 13.2. The Balaban J connectivity index is 1.51. The summed E-state index contributed by atoms with van der Waals surface area (Å²) in [5.74, 6) is 0.341. The van der Waals surface area contributed by atoms with Crippen molar-refractivity contribution in [2.24, 2.45) is 11.8 Å². The van der Waals surface area contributed by atoms with Gasteiger partial charge in [0.05, 0.1) is 5.57 Å². The van der Waals surface area contributed by atoms with Crippen LogP contribution in [0, 0.1) is 11.8 Å². The summed E-state index contributed by atoms with van der Waals surface area (Å²) in [4.78, 5) is 13.2. The fourth-order valence-corrected chi connectivity index (χ4v) is 5.15. The predicted octanol–water partition coefficient (Wildman–Crippen LogP) is 5.89. The van der Waals surface area contributed by atoms with Crippen LogP contribution in [0.15, 0.2) is 83.6 Å². The molecule has 2 aromatic carbocycles. The zero-order chi connectivity index (χ0) is 20.5. The number of benzene rings is 2. The third kappa shape index (κ3) is 3.69. The van der Waals surface area contributed by atoms with Crippen molar-refractivity contribution >= 4 is 5.97 Å². The number of carbonyl (C=O) groups excluding carboxylic acids is 1. The standard InChI is InChI=1S/C27H28O3/c28-25-22-14-8-7-13-21(17-18-9-3-1-4-10-18)26(22)30-27(29)24(25)23(20-15-16-20)19-11-5-2-6-12-19/h1-6,9-12,14,20-21,23,26,28H,7-8,13,15-17H2. The van der Waals surface area contributed by atoms with Gasteiger partial charge in [-0.3, -0.25) is 0 Å². The van der Waals surface area contributed by atoms with Gasteiger partial charge in [0.1, 0.15) is 11.9 Å². The van der Waals surface area contributed by atoms with Crippen molar-refractivity contribution in [3.63, 3.8) is 0 Å². The van der Waals surface area contributed by atoms with E-state index >= 15 is 0 Å². The lowest BCUT2D eigenvalue weighted by Crippen LogP contribution is -2.37. The second-order valence-corrected chi connectivity index (χ2v) is 8.85. The molecule has 3 nitrogen and oxygen atoms in total. The monoisotopic (exact) mass is 400 g/mol. The minimum Gasteiger partial charge on any atom is -0.507 e. The molecule has 1 heterocycles. The first-order valence-corrected chi connectivity index (χ1v) is 11.2. The number of hydrogen-bond acceptors (Lipinski definition) is 3. The lowest BCUT2D eigenvalue weighted by Gasteiger charge is -2.34. The highest BCUT2D eigenvalue weighted by molar-refractivity contribution is 5.93. The molecule has 0 aromatic heterocycles. The van der Waals surface area contributed by atoms with Crippen molar-refractivity contribution < 1.29 is 14.6 Å². The summed E-state index contributed by atoms with van der Waals surface area (Å²) in [5.41, 5.74) is 3.62. The SMILES string of the molecule is O=C1OC2C(=CCCCC2Cc2ccccc2)C(O)=C1C(c1ccccc1)C1CC1. The van der Waals surface area contributed by atoms with Gasteiger partial charge in [0.2, 0.25) is 0 Å². The molecule has 1 fully saturated rings. The number of allylic oxidation sites excluding steroid dienone is 1. The van der Waals surface area contributed by atoms with Gasteiger partial charge in [0.15, 0.2) is 0 Å². The van der Waals surface area contributed by atoms with Crippen LogP contribution in [-0.4, -0.2) is 17.2 Å². The molecular formula is C27H28O3. The molecule has 2 aliphatic carbocycles. The van der Waals surface area contributed by atoms with Crippen molar-refractivity contribution in [3.05, 3.63) is 94.8 Å². The average Bonchev–Trinajstić information content (AvgIpc) is 3.61. The van der Waals surface area contributed by atoms with Gasteiger partial charge in [-0.15, -0.1) is 0 Å². The van der Waals surface area contributed by atoms with Crippen LogP contribution in [0.1, 0.15) is 49.1 Å². The summed E-state index contributed by atoms with van der Waals surface area (Å²) in [5, 5.41) is 11.4. The molecule has 3 aliphatic rings. The van der Waals surface area contributed by atoms with Crippen LogP contribution in [-0.2, 0) is 16.0 Å². The third-order valence-corrected chi connectivity index (χ3v) is 6.76. The van der Waals surface area contributed by atoms with Crippen molar-refractivity contribution in [3.8, 4) is 0 Å². The molecule has 1 aliphatic heterocycles. The topological polar surface area (TPSA) is 46.5 Å². The molecule has 0 spiro atoms. The summed E-state index contributed by atoms with van der Waals surface area (Å²) in [7, 11) is 0. The zero-order valence-corrected chi connectivity index (χ0v) is 17.2. The van der Waals surface area contributed by atoms with Crippen molar-refractivity contribution in [2.75, 3.05) is 0 Å². The Kier molecular flexibility index (Phi) is 5.20. The van der Waals surface area contributed by atoms with Gasteiger partial charge in [-0.05, 0) is 55.6 Å². The Labute approximate surface area is 178 Å². The molecule has 0 saturated heterocycles. The van der Waals surface area contributed by atoms with E-state index < -0.39 is 0 Å². The maximum Gasteiger partial charge on any atom is 0.339 e. The first kappa shape index (κ1) is 19.2. The van der Waals surface area contributed by atoms with E-state index in [2.05, 4.69) is 30.3 Å². The van der Waals surface area contributed by atoms with Crippen molar-refractivity contribution in [1.29, 1.82) is 0 Å². The first-order valence-electron chi connectivity index (χ1n) is 11.2. The molecule has 3 heteroatoms. The largest absolute Gasteiger partial charge is 0.507 e. The van der Waals surface area contributed by atoms with E-state index in [4.69, 9.17) is 4.74 Å². The number of esters is 1. The van der Waals surface area contributed by atoms with Gasteiger partial charge >= 0.3 is 5.97 Å². The highest BCUT2D eigenvalue weighted by Crippen LogP contribution is 2.50. The molecular weight excluding hydrogens is 372 g/mol. The van der Waals surface area contributed by atoms with Crippen LogP contribution in [0.2, 0.25) is 0 Å². The number of fused-ring (bicyclic) bond motifs is 1. The molecule has 0 bridgehead atoms. The zero-order valence-electron chi connectivity index (χ0n) is 17.2. The summed E-state index contributed by atoms with van der Waals surface area (Å²) in [6.45, 7) is 0. The van der Waals surface area contributed by atoms with E-state index in [1.54, 1.807) is 0 Å². The van der Waals surface area contributed by atoms with Gasteiger partial charge < -0.3 is 9.84 Å². The minimum absolute atomic E-state index is 0.0867. The van der Waals surface area contributed by atoms with Crippen LogP contribution in [0.5, 0.6) is 0 Å². The number of ether oxygens (including phenoxy) is 1. The van der Waals surface area contributed by atoms with E-state index in [1.165, 1.54) is 5.56 Å². The molecule has 0 radical (unpaired) electrons. The Morgan fingerprint density at radius 3 is 2.37 bits per heavy atom. The molecule has 5 rings (SSSR count). The number of aliphatic hydroxyl groups is 1.